The van der Waals surface area contributed by atoms with Crippen molar-refractivity contribution in [3.63, 3.8) is 0 Å². The normalized spacial score (nSPS) is 9.08. The summed E-state index contributed by atoms with van der Waals surface area (Å²) >= 11 is 0. The van der Waals surface area contributed by atoms with E-state index in [0.717, 1.165) is 6.08 Å². The molecular formula is C7H11N3O3. The van der Waals surface area contributed by atoms with Crippen LogP contribution < -0.4 is 11.5 Å². The average molecular weight is 185 g/mol. The number of hydrogen-bond donors (Lipinski definition) is 2. The second-order valence-electron chi connectivity index (χ2n) is 2.07. The van der Waals surface area contributed by atoms with Gasteiger partial charge in [0.15, 0.2) is 0 Å². The Morgan fingerprint density at radius 3 is 1.77 bits per heavy atom. The Morgan fingerprint density at radius 2 is 1.54 bits per heavy atom. The lowest BCUT2D eigenvalue weighted by Crippen LogP contribution is -2.46. The van der Waals surface area contributed by atoms with Crippen molar-refractivity contribution in [3.05, 3.63) is 12.7 Å². The van der Waals surface area contributed by atoms with E-state index in [0.29, 0.717) is 4.90 Å². The fourth-order valence-corrected chi connectivity index (χ4v) is 0.659. The number of rotatable bonds is 3. The standard InChI is InChI=1S/C7H11N3O3/c1-2-5(11)10(6(12)3-8)7(13)4-9/h2H,1,3-4,8-9H2. The number of amides is 3. The van der Waals surface area contributed by atoms with Gasteiger partial charge in [0.05, 0.1) is 13.1 Å². The molecule has 0 unspecified atom stereocenters. The van der Waals surface area contributed by atoms with Crippen LogP contribution in [0.4, 0.5) is 0 Å². The summed E-state index contributed by atoms with van der Waals surface area (Å²) in [6.45, 7) is 2.29. The van der Waals surface area contributed by atoms with Crippen LogP contribution in [0.15, 0.2) is 12.7 Å². The highest BCUT2D eigenvalue weighted by atomic mass is 16.2. The predicted octanol–water partition coefficient (Wildman–Crippen LogP) is -2.03. The molecule has 6 nitrogen and oxygen atoms in total. The molecule has 0 heterocycles. The Bertz CT molecular complexity index is 233. The van der Waals surface area contributed by atoms with Crippen LogP contribution in [0.5, 0.6) is 0 Å². The summed E-state index contributed by atoms with van der Waals surface area (Å²) in [7, 11) is 0. The van der Waals surface area contributed by atoms with Gasteiger partial charge in [-0.15, -0.1) is 0 Å². The molecule has 0 rings (SSSR count). The second-order valence-corrected chi connectivity index (χ2v) is 2.07. The van der Waals surface area contributed by atoms with Gasteiger partial charge in [0.25, 0.3) is 5.91 Å². The first kappa shape index (κ1) is 11.5. The lowest BCUT2D eigenvalue weighted by Gasteiger charge is -2.14. The molecule has 0 saturated carbocycles. The number of nitrogens with zero attached hydrogens (tertiary/aromatic N) is 1. The maximum atomic E-state index is 11.0. The molecule has 0 saturated heterocycles. The third-order valence-electron chi connectivity index (χ3n) is 1.24. The van der Waals surface area contributed by atoms with Crippen LogP contribution in [0.1, 0.15) is 0 Å². The first-order valence-corrected chi connectivity index (χ1v) is 3.50. The maximum Gasteiger partial charge on any atom is 0.259 e. The van der Waals surface area contributed by atoms with Gasteiger partial charge in [0.2, 0.25) is 11.8 Å². The highest BCUT2D eigenvalue weighted by Gasteiger charge is 2.23. The maximum absolute atomic E-state index is 11.0. The Morgan fingerprint density at radius 1 is 1.15 bits per heavy atom. The van der Waals surface area contributed by atoms with Gasteiger partial charge in [-0.1, -0.05) is 6.58 Å². The van der Waals surface area contributed by atoms with E-state index >= 15 is 0 Å². The molecule has 0 bridgehead atoms. The monoisotopic (exact) mass is 185 g/mol. The Kier molecular flexibility index (Phi) is 4.57. The van der Waals surface area contributed by atoms with E-state index in [9.17, 15) is 14.4 Å². The smallest absolute Gasteiger partial charge is 0.259 e. The van der Waals surface area contributed by atoms with Crippen molar-refractivity contribution in [1.82, 2.24) is 4.90 Å². The van der Waals surface area contributed by atoms with Gasteiger partial charge in [-0.05, 0) is 6.08 Å². The zero-order chi connectivity index (χ0) is 10.4. The molecule has 0 aromatic heterocycles. The van der Waals surface area contributed by atoms with Crippen LogP contribution in [0.3, 0.4) is 0 Å². The fraction of sp³-hybridized carbons (Fsp3) is 0.286. The molecule has 0 atom stereocenters. The third-order valence-corrected chi connectivity index (χ3v) is 1.24. The molecule has 0 aromatic rings. The SMILES string of the molecule is C=CC(=O)N(C(=O)CN)C(=O)CN. The zero-order valence-corrected chi connectivity index (χ0v) is 7.03. The Balaban J connectivity index is 4.74. The van der Waals surface area contributed by atoms with Crippen molar-refractivity contribution in [3.8, 4) is 0 Å². The van der Waals surface area contributed by atoms with Crippen LogP contribution >= 0.6 is 0 Å². The predicted molar refractivity (Wildman–Crippen MR) is 45.2 cm³/mol. The van der Waals surface area contributed by atoms with Crippen LogP contribution in [-0.2, 0) is 14.4 Å². The summed E-state index contributed by atoms with van der Waals surface area (Å²) < 4.78 is 0. The van der Waals surface area contributed by atoms with Crippen LogP contribution in [0.2, 0.25) is 0 Å². The van der Waals surface area contributed by atoms with E-state index in [1.54, 1.807) is 0 Å². The molecule has 0 aromatic carbocycles. The minimum Gasteiger partial charge on any atom is -0.322 e. The molecule has 0 spiro atoms. The van der Waals surface area contributed by atoms with Crippen molar-refractivity contribution in [2.45, 2.75) is 0 Å². The van der Waals surface area contributed by atoms with Crippen LogP contribution in [0, 0.1) is 0 Å². The van der Waals surface area contributed by atoms with Gasteiger partial charge in [-0.25, -0.2) is 4.90 Å². The summed E-state index contributed by atoms with van der Waals surface area (Å²) in [5.41, 5.74) is 9.97. The van der Waals surface area contributed by atoms with E-state index in [1.807, 2.05) is 0 Å². The fourth-order valence-electron chi connectivity index (χ4n) is 0.659. The van der Waals surface area contributed by atoms with Gasteiger partial charge in [0.1, 0.15) is 0 Å². The van der Waals surface area contributed by atoms with Gasteiger partial charge in [0, 0.05) is 0 Å². The molecule has 3 amide bonds. The molecule has 4 N–H and O–H groups in total. The molecular weight excluding hydrogens is 174 g/mol. The molecule has 13 heavy (non-hydrogen) atoms. The van der Waals surface area contributed by atoms with E-state index in [-0.39, 0.29) is 0 Å². The molecule has 0 aliphatic heterocycles. The minimum atomic E-state index is -0.814. The van der Waals surface area contributed by atoms with E-state index < -0.39 is 30.8 Å². The Labute approximate surface area is 75.2 Å². The number of imide groups is 3. The highest BCUT2D eigenvalue weighted by molar-refractivity contribution is 6.14. The largest absolute Gasteiger partial charge is 0.322 e. The second kappa shape index (κ2) is 5.18. The van der Waals surface area contributed by atoms with Gasteiger partial charge >= 0.3 is 0 Å². The topological polar surface area (TPSA) is 106 Å². The number of carbonyl (C=O) groups is 3. The molecule has 0 aliphatic rings. The summed E-state index contributed by atoms with van der Waals surface area (Å²) in [6.07, 6.45) is 0.848. The van der Waals surface area contributed by atoms with Gasteiger partial charge in [-0.3, -0.25) is 14.4 Å². The van der Waals surface area contributed by atoms with E-state index in [4.69, 9.17) is 11.5 Å². The lowest BCUT2D eigenvalue weighted by atomic mass is 10.4. The first-order chi connectivity index (χ1) is 6.08. The van der Waals surface area contributed by atoms with Gasteiger partial charge in [-0.2, -0.15) is 0 Å². The van der Waals surface area contributed by atoms with Crippen molar-refractivity contribution < 1.29 is 14.4 Å². The summed E-state index contributed by atoms with van der Waals surface area (Å²) in [5, 5.41) is 0. The minimum absolute atomic E-state index is 0.382. The number of nitrogens with two attached hydrogens (primary N) is 2. The van der Waals surface area contributed by atoms with Crippen molar-refractivity contribution in [2.75, 3.05) is 13.1 Å². The molecule has 0 fully saturated rings. The van der Waals surface area contributed by atoms with Crippen molar-refractivity contribution in [2.24, 2.45) is 11.5 Å². The van der Waals surface area contributed by atoms with E-state index in [2.05, 4.69) is 6.58 Å². The van der Waals surface area contributed by atoms with Crippen LogP contribution in [-0.4, -0.2) is 35.7 Å². The summed E-state index contributed by atoms with van der Waals surface area (Å²) in [5.74, 6) is -2.40. The number of hydrogen-bond acceptors (Lipinski definition) is 5. The van der Waals surface area contributed by atoms with Crippen molar-refractivity contribution >= 4 is 17.7 Å². The first-order valence-electron chi connectivity index (χ1n) is 3.50. The highest BCUT2D eigenvalue weighted by Crippen LogP contribution is 1.92. The average Bonchev–Trinajstić information content (AvgIpc) is 2.16. The Hall–Kier alpha value is -1.53. The van der Waals surface area contributed by atoms with Crippen molar-refractivity contribution in [1.29, 1.82) is 0 Å². The van der Waals surface area contributed by atoms with E-state index in [1.165, 1.54) is 0 Å². The number of carbonyl (C=O) groups excluding carboxylic acids is 3. The molecule has 0 aliphatic carbocycles. The third kappa shape index (κ3) is 2.77. The summed E-state index contributed by atoms with van der Waals surface area (Å²) in [6, 6.07) is 0. The van der Waals surface area contributed by atoms with Gasteiger partial charge < -0.3 is 11.5 Å². The zero-order valence-electron chi connectivity index (χ0n) is 7.03. The molecule has 6 heteroatoms. The quantitative estimate of drug-likeness (QED) is 0.493. The molecule has 72 valence electrons. The lowest BCUT2D eigenvalue weighted by molar-refractivity contribution is -0.150. The molecule has 0 radical (unpaired) electrons. The van der Waals surface area contributed by atoms with Crippen LogP contribution in [0.25, 0.3) is 0 Å². The summed E-state index contributed by atoms with van der Waals surface area (Å²) in [4.78, 5) is 33.3.